The zero-order valence-corrected chi connectivity index (χ0v) is 19.4. The van der Waals surface area contributed by atoms with Gasteiger partial charge in [0.1, 0.15) is 18.3 Å². The van der Waals surface area contributed by atoms with E-state index in [1.54, 1.807) is 0 Å². The summed E-state index contributed by atoms with van der Waals surface area (Å²) in [5, 5.41) is 14.8. The van der Waals surface area contributed by atoms with Gasteiger partial charge in [-0.1, -0.05) is 36.4 Å². The normalized spacial score (nSPS) is 27.9. The molecule has 0 radical (unpaired) electrons. The van der Waals surface area contributed by atoms with Crippen LogP contribution in [0.5, 0.6) is 5.75 Å². The van der Waals surface area contributed by atoms with Crippen molar-refractivity contribution in [3.63, 3.8) is 0 Å². The van der Waals surface area contributed by atoms with Crippen molar-refractivity contribution in [3.8, 4) is 5.75 Å². The maximum Gasteiger partial charge on any atom is 0.414 e. The summed E-state index contributed by atoms with van der Waals surface area (Å²) in [6.45, 7) is 7.29. The fourth-order valence-corrected chi connectivity index (χ4v) is 6.38. The predicted molar refractivity (Wildman–Crippen MR) is 122 cm³/mol. The van der Waals surface area contributed by atoms with Crippen LogP contribution in [0, 0.1) is 5.92 Å². The van der Waals surface area contributed by atoms with Crippen molar-refractivity contribution < 1.29 is 38.6 Å². The van der Waals surface area contributed by atoms with Gasteiger partial charge in [-0.2, -0.15) is 0 Å². The number of esters is 1. The Bertz CT molecular complexity index is 1050. The monoisotopic (exact) mass is 468 g/mol. The van der Waals surface area contributed by atoms with Crippen LogP contribution >= 0.6 is 0 Å². The van der Waals surface area contributed by atoms with Crippen LogP contribution in [0.2, 0.25) is 0 Å². The molecular formula is C26H30NO7+. The third-order valence-electron chi connectivity index (χ3n) is 7.49. The number of carboxylic acids is 2. The fraction of sp³-hybridized carbons (Fsp3) is 0.423. The van der Waals surface area contributed by atoms with Gasteiger partial charge < -0.3 is 19.7 Å². The van der Waals surface area contributed by atoms with E-state index in [1.807, 2.05) is 13.0 Å². The molecule has 0 aliphatic carbocycles. The van der Waals surface area contributed by atoms with Gasteiger partial charge >= 0.3 is 17.9 Å². The lowest BCUT2D eigenvalue weighted by molar-refractivity contribution is -0.846. The number of fused-ring (bicyclic) bond motifs is 7. The SMILES string of the molecule is CCOC(=O)C1CCC[N+]2(CC)C1[C@]21c2ccccc2COc2ccccc21.O=C(O)C(=O)O. The van der Waals surface area contributed by atoms with Crippen molar-refractivity contribution in [2.45, 2.75) is 44.9 Å². The number of para-hydroxylation sites is 1. The smallest absolute Gasteiger partial charge is 0.414 e. The number of carboxylic acid groups (broad SMARTS) is 2. The van der Waals surface area contributed by atoms with Crippen LogP contribution in [0.25, 0.3) is 0 Å². The molecule has 4 atom stereocenters. The Kier molecular flexibility index (Phi) is 6.36. The molecule has 34 heavy (non-hydrogen) atoms. The standard InChI is InChI=1S/C24H28NO3.C2H2O4/c1-3-25-15-9-11-18(23(26)27-4-2)22(25)24(25)19-12-6-5-10-17(19)16-28-21-14-8-7-13-20(21)24;3-1(4)2(5)6/h5-8,10,12-14,18,22H,3-4,9,11,15-16H2,1-2H3;(H,3,4)(H,5,6)/q+1;/t18?,22?,24-,25?;/m1./s1. The van der Waals surface area contributed by atoms with E-state index in [4.69, 9.17) is 29.3 Å². The van der Waals surface area contributed by atoms with Crippen molar-refractivity contribution >= 4 is 17.9 Å². The summed E-state index contributed by atoms with van der Waals surface area (Å²) in [5.74, 6) is -2.78. The number of carbonyl (C=O) groups excluding carboxylic acids is 1. The lowest BCUT2D eigenvalue weighted by Crippen LogP contribution is -2.41. The van der Waals surface area contributed by atoms with Crippen LogP contribution in [0.15, 0.2) is 48.5 Å². The number of ether oxygens (including phenoxy) is 2. The predicted octanol–water partition coefficient (Wildman–Crippen LogP) is 3.17. The third-order valence-corrected chi connectivity index (χ3v) is 7.49. The zero-order valence-electron chi connectivity index (χ0n) is 19.4. The van der Waals surface area contributed by atoms with Crippen LogP contribution in [0.1, 0.15) is 43.4 Å². The molecule has 8 heteroatoms. The number of hydrogen-bond donors (Lipinski definition) is 2. The molecule has 0 aromatic heterocycles. The van der Waals surface area contributed by atoms with Crippen LogP contribution in [0.4, 0.5) is 0 Å². The lowest BCUT2D eigenvalue weighted by atomic mass is 9.80. The van der Waals surface area contributed by atoms with Gasteiger partial charge in [-0.3, -0.25) is 9.28 Å². The van der Waals surface area contributed by atoms with E-state index in [1.165, 1.54) is 16.7 Å². The maximum absolute atomic E-state index is 13.0. The molecule has 0 amide bonds. The van der Waals surface area contributed by atoms with E-state index < -0.39 is 11.9 Å². The zero-order chi connectivity index (χ0) is 24.5. The molecule has 5 rings (SSSR count). The number of nitrogens with zero attached hydrogens (tertiary/aromatic N) is 1. The van der Waals surface area contributed by atoms with Gasteiger partial charge in [0.2, 0.25) is 5.54 Å². The number of hydrogen-bond acceptors (Lipinski definition) is 5. The number of benzene rings is 2. The lowest BCUT2D eigenvalue weighted by Gasteiger charge is -2.29. The first kappa shape index (κ1) is 23.8. The molecule has 2 fully saturated rings. The van der Waals surface area contributed by atoms with Gasteiger partial charge in [-0.25, -0.2) is 9.59 Å². The van der Waals surface area contributed by atoms with Gasteiger partial charge in [-0.05, 0) is 44.4 Å². The first-order valence-corrected chi connectivity index (χ1v) is 11.7. The number of likely N-dealkylation sites (N-methyl/N-ethyl adjacent to an activating group) is 1. The van der Waals surface area contributed by atoms with Gasteiger partial charge in [0.05, 0.1) is 25.3 Å². The Morgan fingerprint density at radius 3 is 2.32 bits per heavy atom. The quantitative estimate of drug-likeness (QED) is 0.308. The van der Waals surface area contributed by atoms with E-state index in [-0.39, 0.29) is 23.5 Å². The van der Waals surface area contributed by atoms with Crippen LogP contribution in [0.3, 0.4) is 0 Å². The molecule has 0 bridgehead atoms. The highest BCUT2D eigenvalue weighted by Gasteiger charge is 2.84. The van der Waals surface area contributed by atoms with E-state index in [0.29, 0.717) is 13.2 Å². The Balaban J connectivity index is 0.000000408. The highest BCUT2D eigenvalue weighted by molar-refractivity contribution is 6.27. The molecular weight excluding hydrogens is 438 g/mol. The summed E-state index contributed by atoms with van der Waals surface area (Å²) >= 11 is 0. The molecule has 3 unspecified atom stereocenters. The number of aliphatic carboxylic acids is 2. The summed E-state index contributed by atoms with van der Waals surface area (Å²) in [4.78, 5) is 31.2. The Morgan fingerprint density at radius 1 is 1.03 bits per heavy atom. The van der Waals surface area contributed by atoms with E-state index >= 15 is 0 Å². The van der Waals surface area contributed by atoms with Crippen molar-refractivity contribution in [1.82, 2.24) is 0 Å². The second-order valence-electron chi connectivity index (χ2n) is 8.84. The molecule has 2 aromatic carbocycles. The van der Waals surface area contributed by atoms with Crippen molar-refractivity contribution in [2.24, 2.45) is 5.92 Å². The summed E-state index contributed by atoms with van der Waals surface area (Å²) in [6, 6.07) is 17.3. The maximum atomic E-state index is 13.0. The molecule has 0 saturated carbocycles. The Morgan fingerprint density at radius 2 is 1.68 bits per heavy atom. The van der Waals surface area contributed by atoms with Crippen molar-refractivity contribution in [3.05, 3.63) is 65.2 Å². The van der Waals surface area contributed by atoms with Gasteiger partial charge in [0.15, 0.2) is 6.04 Å². The van der Waals surface area contributed by atoms with E-state index in [0.717, 1.165) is 36.2 Å². The average Bonchev–Trinajstić information content (AvgIpc) is 3.51. The van der Waals surface area contributed by atoms with Crippen molar-refractivity contribution in [1.29, 1.82) is 0 Å². The molecule has 2 N–H and O–H groups in total. The largest absolute Gasteiger partial charge is 0.488 e. The summed E-state index contributed by atoms with van der Waals surface area (Å²) in [5.41, 5.74) is 3.60. The van der Waals surface area contributed by atoms with Gasteiger partial charge in [0, 0.05) is 5.56 Å². The minimum atomic E-state index is -1.82. The number of rotatable bonds is 3. The van der Waals surface area contributed by atoms with E-state index in [2.05, 4.69) is 49.4 Å². The Labute approximate surface area is 198 Å². The summed E-state index contributed by atoms with van der Waals surface area (Å²) < 4.78 is 12.7. The van der Waals surface area contributed by atoms with E-state index in [9.17, 15) is 4.79 Å². The first-order valence-electron chi connectivity index (χ1n) is 11.7. The topological polar surface area (TPSA) is 110 Å². The molecule has 2 aromatic rings. The third kappa shape index (κ3) is 3.44. The molecule has 2 saturated heterocycles. The second-order valence-corrected chi connectivity index (χ2v) is 8.84. The van der Waals surface area contributed by atoms with Crippen molar-refractivity contribution in [2.75, 3.05) is 19.7 Å². The Hall–Kier alpha value is -3.39. The number of quaternary nitrogens is 1. The average molecular weight is 469 g/mol. The molecule has 3 heterocycles. The first-order chi connectivity index (χ1) is 16.3. The minimum absolute atomic E-state index is 0.0276. The van der Waals surface area contributed by atoms with Gasteiger partial charge in [-0.15, -0.1) is 0 Å². The highest BCUT2D eigenvalue weighted by atomic mass is 16.5. The minimum Gasteiger partial charge on any atom is -0.488 e. The summed E-state index contributed by atoms with van der Waals surface area (Å²) in [6.07, 6.45) is 1.97. The van der Waals surface area contributed by atoms with Crippen LogP contribution in [-0.4, -0.2) is 58.3 Å². The summed E-state index contributed by atoms with van der Waals surface area (Å²) in [7, 11) is 0. The fourth-order valence-electron chi connectivity index (χ4n) is 6.38. The molecule has 3 aliphatic rings. The number of carbonyl (C=O) groups is 3. The molecule has 3 aliphatic heterocycles. The molecule has 180 valence electrons. The van der Waals surface area contributed by atoms with Gasteiger partial charge in [0.25, 0.3) is 0 Å². The van der Waals surface area contributed by atoms with Crippen LogP contribution in [-0.2, 0) is 31.3 Å². The molecule has 8 nitrogen and oxygen atoms in total. The second kappa shape index (κ2) is 9.10. The van der Waals surface area contributed by atoms with Crippen LogP contribution < -0.4 is 4.74 Å². The number of piperidine rings is 1. The highest BCUT2D eigenvalue weighted by Crippen LogP contribution is 2.69. The molecule has 1 spiro atoms.